The van der Waals surface area contributed by atoms with Crippen LogP contribution in [0, 0.1) is 0 Å². The molecule has 1 rings (SSSR count). The highest BCUT2D eigenvalue weighted by molar-refractivity contribution is 5.76. The molecule has 92 valence electrons. The number of rotatable bonds is 6. The summed E-state index contributed by atoms with van der Waals surface area (Å²) in [4.78, 5) is 21.5. The molecule has 1 fully saturated rings. The molecule has 1 unspecified atom stereocenters. The Balaban J connectivity index is 2.12. The van der Waals surface area contributed by atoms with Gasteiger partial charge in [-0.05, 0) is 6.42 Å². The van der Waals surface area contributed by atoms with Crippen LogP contribution in [0.5, 0.6) is 0 Å². The topological polar surface area (TPSA) is 95.9 Å². The summed E-state index contributed by atoms with van der Waals surface area (Å²) in [6.07, 6.45) is 0.989. The molecule has 1 amide bonds. The van der Waals surface area contributed by atoms with E-state index in [-0.39, 0.29) is 31.9 Å². The number of aliphatic carboxylic acids is 1. The predicted octanol–water partition coefficient (Wildman–Crippen LogP) is -0.491. The van der Waals surface area contributed by atoms with E-state index >= 15 is 0 Å². The lowest BCUT2D eigenvalue weighted by Crippen LogP contribution is -2.43. The minimum Gasteiger partial charge on any atom is -0.481 e. The Bertz CT molecular complexity index is 260. The summed E-state index contributed by atoms with van der Waals surface area (Å²) >= 11 is 0. The van der Waals surface area contributed by atoms with Crippen LogP contribution in [0.3, 0.4) is 0 Å². The molecule has 0 aromatic rings. The quantitative estimate of drug-likeness (QED) is 0.573. The summed E-state index contributed by atoms with van der Waals surface area (Å²) in [7, 11) is 0. The van der Waals surface area contributed by atoms with E-state index in [1.165, 1.54) is 0 Å². The maximum atomic E-state index is 11.3. The highest BCUT2D eigenvalue weighted by atomic mass is 16.5. The molecule has 0 radical (unpaired) electrons. The standard InChI is InChI=1S/C10H17NO5/c12-8(2-1-3-9(13)14)11-6-10(15)4-5-16-7-10/h15H,1-7H2,(H,11,12)(H,13,14). The smallest absolute Gasteiger partial charge is 0.303 e. The van der Waals surface area contributed by atoms with Crippen molar-refractivity contribution in [1.29, 1.82) is 0 Å². The van der Waals surface area contributed by atoms with Crippen molar-refractivity contribution in [3.05, 3.63) is 0 Å². The first-order valence-electron chi connectivity index (χ1n) is 5.30. The van der Waals surface area contributed by atoms with Gasteiger partial charge in [-0.15, -0.1) is 0 Å². The normalized spacial score (nSPS) is 24.3. The van der Waals surface area contributed by atoms with Crippen molar-refractivity contribution < 1.29 is 24.5 Å². The lowest BCUT2D eigenvalue weighted by atomic mass is 10.0. The van der Waals surface area contributed by atoms with Crippen LogP contribution in [-0.4, -0.2) is 47.4 Å². The Morgan fingerprint density at radius 1 is 1.38 bits per heavy atom. The van der Waals surface area contributed by atoms with E-state index in [1.54, 1.807) is 0 Å². The third kappa shape index (κ3) is 4.59. The maximum Gasteiger partial charge on any atom is 0.303 e. The van der Waals surface area contributed by atoms with Crippen LogP contribution >= 0.6 is 0 Å². The molecule has 1 heterocycles. The zero-order valence-corrected chi connectivity index (χ0v) is 9.07. The molecule has 0 aliphatic carbocycles. The third-order valence-electron chi connectivity index (χ3n) is 2.49. The molecule has 1 atom stereocenters. The van der Waals surface area contributed by atoms with Gasteiger partial charge < -0.3 is 20.3 Å². The summed E-state index contributed by atoms with van der Waals surface area (Å²) in [6, 6.07) is 0. The van der Waals surface area contributed by atoms with Crippen molar-refractivity contribution in [2.75, 3.05) is 19.8 Å². The molecule has 1 aliphatic rings. The Hall–Kier alpha value is -1.14. The zero-order chi connectivity index (χ0) is 12.0. The molecule has 0 aromatic carbocycles. The van der Waals surface area contributed by atoms with Gasteiger partial charge in [-0.3, -0.25) is 9.59 Å². The number of carbonyl (C=O) groups excluding carboxylic acids is 1. The predicted molar refractivity (Wildman–Crippen MR) is 54.9 cm³/mol. The van der Waals surface area contributed by atoms with Crippen LogP contribution in [-0.2, 0) is 14.3 Å². The molecule has 0 saturated carbocycles. The van der Waals surface area contributed by atoms with Gasteiger partial charge in [0.15, 0.2) is 0 Å². The van der Waals surface area contributed by atoms with Crippen LogP contribution in [0.2, 0.25) is 0 Å². The second-order valence-corrected chi connectivity index (χ2v) is 4.05. The SMILES string of the molecule is O=C(O)CCCC(=O)NCC1(O)CCOC1. The number of carboxylic acid groups (broad SMARTS) is 1. The number of carbonyl (C=O) groups is 2. The van der Waals surface area contributed by atoms with Gasteiger partial charge >= 0.3 is 5.97 Å². The van der Waals surface area contributed by atoms with Crippen molar-refractivity contribution in [3.8, 4) is 0 Å². The first kappa shape index (κ1) is 12.9. The average Bonchev–Trinajstić information content (AvgIpc) is 2.62. The highest BCUT2D eigenvalue weighted by Gasteiger charge is 2.32. The minimum absolute atomic E-state index is 0.0131. The van der Waals surface area contributed by atoms with Gasteiger partial charge in [0.25, 0.3) is 0 Å². The van der Waals surface area contributed by atoms with E-state index in [0.29, 0.717) is 19.4 Å². The third-order valence-corrected chi connectivity index (χ3v) is 2.49. The largest absolute Gasteiger partial charge is 0.481 e. The van der Waals surface area contributed by atoms with Gasteiger partial charge in [-0.1, -0.05) is 0 Å². The van der Waals surface area contributed by atoms with Crippen molar-refractivity contribution in [2.24, 2.45) is 0 Å². The van der Waals surface area contributed by atoms with E-state index < -0.39 is 11.6 Å². The van der Waals surface area contributed by atoms with Crippen LogP contribution < -0.4 is 5.32 Å². The number of amides is 1. The van der Waals surface area contributed by atoms with E-state index in [2.05, 4.69) is 5.32 Å². The van der Waals surface area contributed by atoms with Gasteiger partial charge in [0.1, 0.15) is 5.60 Å². The molecule has 6 nitrogen and oxygen atoms in total. The highest BCUT2D eigenvalue weighted by Crippen LogP contribution is 2.16. The Morgan fingerprint density at radius 2 is 2.12 bits per heavy atom. The van der Waals surface area contributed by atoms with Crippen molar-refractivity contribution >= 4 is 11.9 Å². The first-order valence-corrected chi connectivity index (χ1v) is 5.30. The number of hydrogen-bond donors (Lipinski definition) is 3. The number of ether oxygens (including phenoxy) is 1. The second kappa shape index (κ2) is 5.81. The van der Waals surface area contributed by atoms with Crippen molar-refractivity contribution in [3.63, 3.8) is 0 Å². The molecule has 1 saturated heterocycles. The monoisotopic (exact) mass is 231 g/mol. The molecule has 0 spiro atoms. The minimum atomic E-state index is -0.956. The van der Waals surface area contributed by atoms with Crippen LogP contribution in [0.25, 0.3) is 0 Å². The molecular formula is C10H17NO5. The van der Waals surface area contributed by atoms with Gasteiger partial charge in [0.05, 0.1) is 6.61 Å². The zero-order valence-electron chi connectivity index (χ0n) is 9.07. The Kier molecular flexibility index (Phi) is 4.70. The van der Waals surface area contributed by atoms with E-state index in [4.69, 9.17) is 9.84 Å². The fourth-order valence-corrected chi connectivity index (χ4v) is 1.49. The molecule has 0 bridgehead atoms. The van der Waals surface area contributed by atoms with Gasteiger partial charge in [-0.2, -0.15) is 0 Å². The van der Waals surface area contributed by atoms with Gasteiger partial charge in [0, 0.05) is 32.4 Å². The molecule has 6 heteroatoms. The number of hydrogen-bond acceptors (Lipinski definition) is 4. The summed E-state index contributed by atoms with van der Waals surface area (Å²) < 4.78 is 5.03. The van der Waals surface area contributed by atoms with Crippen LogP contribution in [0.4, 0.5) is 0 Å². The van der Waals surface area contributed by atoms with Crippen molar-refractivity contribution in [2.45, 2.75) is 31.3 Å². The first-order chi connectivity index (χ1) is 7.52. The van der Waals surface area contributed by atoms with Gasteiger partial charge in [0.2, 0.25) is 5.91 Å². The molecular weight excluding hydrogens is 214 g/mol. The lowest BCUT2D eigenvalue weighted by molar-refractivity contribution is -0.137. The van der Waals surface area contributed by atoms with Crippen LogP contribution in [0.15, 0.2) is 0 Å². The van der Waals surface area contributed by atoms with E-state index in [0.717, 1.165) is 0 Å². The van der Waals surface area contributed by atoms with Gasteiger partial charge in [-0.25, -0.2) is 0 Å². The molecule has 1 aliphatic heterocycles. The summed E-state index contributed by atoms with van der Waals surface area (Å²) in [5.41, 5.74) is -0.956. The molecule has 3 N–H and O–H groups in total. The number of nitrogens with one attached hydrogen (secondary N) is 1. The van der Waals surface area contributed by atoms with E-state index in [9.17, 15) is 14.7 Å². The summed E-state index contributed by atoms with van der Waals surface area (Å²) in [5.74, 6) is -1.14. The molecule has 16 heavy (non-hydrogen) atoms. The maximum absolute atomic E-state index is 11.3. The van der Waals surface area contributed by atoms with E-state index in [1.807, 2.05) is 0 Å². The summed E-state index contributed by atoms with van der Waals surface area (Å²) in [6.45, 7) is 0.909. The molecule has 0 aromatic heterocycles. The van der Waals surface area contributed by atoms with Crippen molar-refractivity contribution in [1.82, 2.24) is 5.32 Å². The number of aliphatic hydroxyl groups is 1. The fourth-order valence-electron chi connectivity index (χ4n) is 1.49. The number of carboxylic acids is 1. The lowest BCUT2D eigenvalue weighted by Gasteiger charge is -2.20. The Labute approximate surface area is 93.6 Å². The van der Waals surface area contributed by atoms with Crippen LogP contribution in [0.1, 0.15) is 25.7 Å². The Morgan fingerprint density at radius 3 is 2.69 bits per heavy atom. The summed E-state index contributed by atoms with van der Waals surface area (Å²) in [5, 5.41) is 20.8. The average molecular weight is 231 g/mol. The fraction of sp³-hybridized carbons (Fsp3) is 0.800. The second-order valence-electron chi connectivity index (χ2n) is 4.05.